The van der Waals surface area contributed by atoms with Gasteiger partial charge in [0.1, 0.15) is 0 Å². The summed E-state index contributed by atoms with van der Waals surface area (Å²) < 4.78 is 0. The molecule has 0 aromatic rings. The fraction of sp³-hybridized carbons (Fsp3) is 0.800. The molecule has 0 aromatic heterocycles. The average Bonchev–Trinajstić information content (AvgIpc) is 1.87. The molecule has 0 heterocycles. The summed E-state index contributed by atoms with van der Waals surface area (Å²) in [4.78, 5) is 3.73. The summed E-state index contributed by atoms with van der Waals surface area (Å²) in [6.07, 6.45) is 2.01. The van der Waals surface area contributed by atoms with E-state index < -0.39 is 0 Å². The molecular weight excluding hydrogens is 156 g/mol. The van der Waals surface area contributed by atoms with Crippen molar-refractivity contribution in [2.75, 3.05) is 13.3 Å². The second-order valence-electron chi connectivity index (χ2n) is 1.54. The lowest BCUT2D eigenvalue weighted by Gasteiger charge is -2.08. The van der Waals surface area contributed by atoms with Crippen LogP contribution >= 0.6 is 23.4 Å². The zero-order valence-electron chi connectivity index (χ0n) is 5.81. The molecule has 0 spiro atoms. The highest BCUT2D eigenvalue weighted by Gasteiger charge is 1.97. The average molecular weight is 167 g/mol. The van der Waals surface area contributed by atoms with Crippen molar-refractivity contribution in [1.29, 1.82) is 0 Å². The highest BCUT2D eigenvalue weighted by Crippen LogP contribution is 2.00. The Kier molecular flexibility index (Phi) is 5.00. The summed E-state index contributed by atoms with van der Waals surface area (Å²) in [7, 11) is 1.66. The molecule has 0 saturated carbocycles. The molecule has 2 nitrogen and oxygen atoms in total. The molecule has 1 atom stereocenters. The van der Waals surface area contributed by atoms with Gasteiger partial charge in [0, 0.05) is 7.05 Å². The number of aliphatic imine (C=N–C) groups is 1. The third-order valence-electron chi connectivity index (χ3n) is 0.872. The van der Waals surface area contributed by atoms with Crippen molar-refractivity contribution in [2.24, 2.45) is 4.99 Å². The molecule has 1 unspecified atom stereocenters. The van der Waals surface area contributed by atoms with Gasteiger partial charge in [-0.2, -0.15) is 0 Å². The summed E-state index contributed by atoms with van der Waals surface area (Å²) in [6, 6.07) is 0. The van der Waals surface area contributed by atoms with Crippen molar-refractivity contribution in [1.82, 2.24) is 5.32 Å². The standard InChI is InChI=1S/C5H11ClN2S/c1-4(9-3)8-5(6)7-2/h4H,1-3H3,(H,7,8). The number of nitrogens with one attached hydrogen (secondary N) is 1. The Bertz CT molecular complexity index is 105. The summed E-state index contributed by atoms with van der Waals surface area (Å²) in [5.41, 5.74) is 0. The fourth-order valence-corrected chi connectivity index (χ4v) is 0.749. The number of hydrogen-bond donors (Lipinski definition) is 1. The van der Waals surface area contributed by atoms with Crippen molar-refractivity contribution in [3.05, 3.63) is 0 Å². The molecule has 0 rings (SSSR count). The minimum absolute atomic E-state index is 0.334. The molecule has 0 aliphatic carbocycles. The van der Waals surface area contributed by atoms with Crippen LogP contribution in [0.1, 0.15) is 6.92 Å². The Morgan fingerprint density at radius 2 is 2.33 bits per heavy atom. The van der Waals surface area contributed by atoms with Crippen molar-refractivity contribution >= 4 is 28.7 Å². The lowest BCUT2D eigenvalue weighted by atomic mass is 10.7. The number of rotatable bonds is 2. The summed E-state index contributed by atoms with van der Waals surface area (Å²) >= 11 is 7.26. The maximum Gasteiger partial charge on any atom is 0.191 e. The second kappa shape index (κ2) is 4.94. The van der Waals surface area contributed by atoms with E-state index in [2.05, 4.69) is 10.3 Å². The van der Waals surface area contributed by atoms with E-state index in [9.17, 15) is 0 Å². The normalized spacial score (nSPS) is 15.3. The van der Waals surface area contributed by atoms with Crippen LogP contribution in [0.5, 0.6) is 0 Å². The van der Waals surface area contributed by atoms with E-state index in [4.69, 9.17) is 11.6 Å². The van der Waals surface area contributed by atoms with Gasteiger partial charge in [0.25, 0.3) is 0 Å². The summed E-state index contributed by atoms with van der Waals surface area (Å²) in [5, 5.41) is 3.76. The third kappa shape index (κ3) is 4.60. The third-order valence-corrected chi connectivity index (χ3v) is 1.98. The van der Waals surface area contributed by atoms with Crippen LogP contribution in [0.2, 0.25) is 0 Å². The number of thioether (sulfide) groups is 1. The van der Waals surface area contributed by atoms with E-state index in [0.29, 0.717) is 10.7 Å². The molecule has 0 fully saturated rings. The van der Waals surface area contributed by atoms with Crippen LogP contribution in [0, 0.1) is 0 Å². The lowest BCUT2D eigenvalue weighted by Crippen LogP contribution is -2.25. The number of hydrogen-bond acceptors (Lipinski definition) is 2. The molecule has 0 saturated heterocycles. The topological polar surface area (TPSA) is 24.4 Å². The Morgan fingerprint density at radius 1 is 1.78 bits per heavy atom. The van der Waals surface area contributed by atoms with Crippen LogP contribution < -0.4 is 5.32 Å². The van der Waals surface area contributed by atoms with Crippen LogP contribution in [0.3, 0.4) is 0 Å². The molecule has 0 aliphatic rings. The van der Waals surface area contributed by atoms with Crippen LogP contribution in [-0.4, -0.2) is 24.0 Å². The molecule has 0 aromatic carbocycles. The zero-order valence-corrected chi connectivity index (χ0v) is 7.38. The van der Waals surface area contributed by atoms with Gasteiger partial charge in [-0.1, -0.05) is 0 Å². The quantitative estimate of drug-likeness (QED) is 0.291. The Morgan fingerprint density at radius 3 is 2.67 bits per heavy atom. The number of nitrogens with zero attached hydrogens (tertiary/aromatic N) is 1. The fourth-order valence-electron chi connectivity index (χ4n) is 0.291. The smallest absolute Gasteiger partial charge is 0.191 e. The Labute approximate surface area is 65.1 Å². The highest BCUT2D eigenvalue weighted by atomic mass is 35.5. The Hall–Kier alpha value is 0.110. The van der Waals surface area contributed by atoms with Crippen molar-refractivity contribution < 1.29 is 0 Å². The molecule has 54 valence electrons. The van der Waals surface area contributed by atoms with Gasteiger partial charge in [-0.05, 0) is 24.8 Å². The van der Waals surface area contributed by atoms with Gasteiger partial charge in [0.15, 0.2) is 5.29 Å². The number of amidine groups is 1. The van der Waals surface area contributed by atoms with E-state index in [0.717, 1.165) is 0 Å². The van der Waals surface area contributed by atoms with Gasteiger partial charge >= 0.3 is 0 Å². The molecular formula is C5H11ClN2S. The second-order valence-corrected chi connectivity index (χ2v) is 3.07. The van der Waals surface area contributed by atoms with Gasteiger partial charge in [0.2, 0.25) is 0 Å². The molecule has 0 amide bonds. The van der Waals surface area contributed by atoms with Crippen molar-refractivity contribution in [2.45, 2.75) is 12.3 Å². The molecule has 0 aliphatic heterocycles. The molecule has 9 heavy (non-hydrogen) atoms. The zero-order chi connectivity index (χ0) is 7.28. The van der Waals surface area contributed by atoms with Crippen LogP contribution in [-0.2, 0) is 0 Å². The summed E-state index contributed by atoms with van der Waals surface area (Å²) in [6.45, 7) is 2.03. The van der Waals surface area contributed by atoms with Crippen LogP contribution in [0.4, 0.5) is 0 Å². The van der Waals surface area contributed by atoms with Gasteiger partial charge in [-0.3, -0.25) is 4.99 Å². The first kappa shape index (κ1) is 9.11. The SMILES string of the molecule is CN=C(Cl)NC(C)SC. The van der Waals surface area contributed by atoms with E-state index in [-0.39, 0.29) is 0 Å². The van der Waals surface area contributed by atoms with Crippen LogP contribution in [0.15, 0.2) is 4.99 Å². The van der Waals surface area contributed by atoms with E-state index in [1.54, 1.807) is 18.8 Å². The van der Waals surface area contributed by atoms with Crippen molar-refractivity contribution in [3.8, 4) is 0 Å². The first-order chi connectivity index (χ1) is 4.20. The maximum atomic E-state index is 5.56. The van der Waals surface area contributed by atoms with E-state index in [1.807, 2.05) is 13.2 Å². The predicted molar refractivity (Wildman–Crippen MR) is 45.3 cm³/mol. The number of halogens is 1. The maximum absolute atomic E-state index is 5.56. The first-order valence-electron chi connectivity index (χ1n) is 2.62. The van der Waals surface area contributed by atoms with Crippen molar-refractivity contribution in [3.63, 3.8) is 0 Å². The highest BCUT2D eigenvalue weighted by molar-refractivity contribution is 7.99. The van der Waals surface area contributed by atoms with Crippen LogP contribution in [0.25, 0.3) is 0 Å². The first-order valence-corrected chi connectivity index (χ1v) is 4.29. The molecule has 0 bridgehead atoms. The van der Waals surface area contributed by atoms with Gasteiger partial charge in [-0.25, -0.2) is 0 Å². The lowest BCUT2D eigenvalue weighted by molar-refractivity contribution is 0.910. The molecule has 0 radical (unpaired) electrons. The van der Waals surface area contributed by atoms with Gasteiger partial charge < -0.3 is 5.32 Å². The molecule has 4 heteroatoms. The Balaban J connectivity index is 3.47. The minimum atomic E-state index is 0.334. The largest absolute Gasteiger partial charge is 0.349 e. The monoisotopic (exact) mass is 166 g/mol. The minimum Gasteiger partial charge on any atom is -0.349 e. The molecule has 1 N–H and O–H groups in total. The van der Waals surface area contributed by atoms with E-state index in [1.165, 1.54) is 0 Å². The van der Waals surface area contributed by atoms with Gasteiger partial charge in [-0.15, -0.1) is 11.8 Å². The summed E-state index contributed by atoms with van der Waals surface area (Å²) in [5.74, 6) is 0. The van der Waals surface area contributed by atoms with Gasteiger partial charge in [0.05, 0.1) is 5.37 Å². The van der Waals surface area contributed by atoms with E-state index >= 15 is 0 Å². The predicted octanol–water partition coefficient (Wildman–Crippen LogP) is 1.51.